The normalized spacial score (nSPS) is 15.1. The topological polar surface area (TPSA) is 253 Å². The number of ether oxygens (including phenoxy) is 1. The summed E-state index contributed by atoms with van der Waals surface area (Å²) in [6, 6.07) is -2.21. The molecule has 0 spiro atoms. The summed E-state index contributed by atoms with van der Waals surface area (Å²) in [7, 11) is 0. The Labute approximate surface area is 308 Å². The van der Waals surface area contributed by atoms with Gasteiger partial charge in [0.15, 0.2) is 0 Å². The van der Waals surface area contributed by atoms with Crippen LogP contribution in [0.3, 0.4) is 0 Å². The molecule has 1 rings (SSSR count). The maximum absolute atomic E-state index is 13.0. The number of hydrogen-bond donors (Lipinski definition) is 9. The van der Waals surface area contributed by atoms with Crippen molar-refractivity contribution < 1.29 is 48.2 Å². The number of urea groups is 1. The highest BCUT2D eigenvalue weighted by atomic mass is 32.2. The number of carbonyl (C=O) groups excluding carboxylic acids is 8. The van der Waals surface area contributed by atoms with Crippen molar-refractivity contribution in [2.45, 2.75) is 76.1 Å². The molecule has 3 unspecified atom stereocenters. The number of likely N-dealkylation sites (tertiary alicyclic amines) is 1. The van der Waals surface area contributed by atoms with E-state index in [-0.39, 0.29) is 88.7 Å². The van der Waals surface area contributed by atoms with Gasteiger partial charge in [0.1, 0.15) is 12.1 Å². The Kier molecular flexibility index (Phi) is 24.1. The molecule has 3 atom stereocenters. The van der Waals surface area contributed by atoms with Crippen LogP contribution >= 0.6 is 24.4 Å². The second kappa shape index (κ2) is 27.1. The molecule has 51 heavy (non-hydrogen) atoms. The van der Waals surface area contributed by atoms with Crippen LogP contribution in [0.15, 0.2) is 0 Å². The fourth-order valence-electron chi connectivity index (χ4n) is 4.63. The van der Waals surface area contributed by atoms with Crippen LogP contribution < -0.4 is 37.2 Å². The van der Waals surface area contributed by atoms with Gasteiger partial charge in [-0.05, 0) is 25.7 Å². The standard InChI is InChI=1S/C31H54N8O10S2/c1-3-9-33-29(46)23(37-21(2)41)20-51-24-19-27(44)39(30(24)47)14-8-26(43)38-22(28(45)34-12-16-49-17-15-40)6-4-5-10-32-25(42)7-11-35-31(48)36-13-18-50/h22-24,40,50H,3-20H2,1-2H3,(H,32,42)(H,33,46)(H,34,45)(H,37,41)(H,38,43)(H2,35,36,48). The number of aliphatic hydroxyl groups excluding tert-OH is 1. The van der Waals surface area contributed by atoms with Crippen molar-refractivity contribution in [2.75, 3.05) is 70.6 Å². The molecule has 0 radical (unpaired) electrons. The number of thiol groups is 1. The first-order valence-electron chi connectivity index (χ1n) is 17.1. The fourth-order valence-corrected chi connectivity index (χ4v) is 5.93. The first-order chi connectivity index (χ1) is 24.4. The van der Waals surface area contributed by atoms with Gasteiger partial charge in [-0.25, -0.2) is 4.79 Å². The van der Waals surface area contributed by atoms with Gasteiger partial charge in [0.25, 0.3) is 0 Å². The second-order valence-corrected chi connectivity index (χ2v) is 13.1. The van der Waals surface area contributed by atoms with E-state index in [1.165, 1.54) is 6.92 Å². The number of rotatable bonds is 27. The molecule has 1 aliphatic heterocycles. The Morgan fingerprint density at radius 2 is 1.57 bits per heavy atom. The third kappa shape index (κ3) is 20.1. The van der Waals surface area contributed by atoms with Crippen molar-refractivity contribution in [3.8, 4) is 0 Å². The van der Waals surface area contributed by atoms with Gasteiger partial charge in [0.05, 0.1) is 25.1 Å². The lowest BCUT2D eigenvalue weighted by molar-refractivity contribution is -0.139. The molecule has 1 saturated heterocycles. The minimum Gasteiger partial charge on any atom is -0.394 e. The van der Waals surface area contributed by atoms with Crippen LogP contribution in [0.1, 0.15) is 58.8 Å². The molecule has 1 heterocycles. The molecule has 290 valence electrons. The van der Waals surface area contributed by atoms with Gasteiger partial charge in [-0.15, -0.1) is 11.8 Å². The molecule has 0 aromatic carbocycles. The molecule has 8 N–H and O–H groups in total. The third-order valence-corrected chi connectivity index (χ3v) is 8.70. The zero-order valence-corrected chi connectivity index (χ0v) is 31.1. The van der Waals surface area contributed by atoms with Crippen LogP contribution in [0.5, 0.6) is 0 Å². The number of unbranched alkanes of at least 4 members (excludes halogenated alkanes) is 1. The molecule has 0 aromatic heterocycles. The van der Waals surface area contributed by atoms with Gasteiger partial charge in [0.2, 0.25) is 41.4 Å². The van der Waals surface area contributed by atoms with Crippen LogP contribution in [-0.4, -0.2) is 145 Å². The van der Waals surface area contributed by atoms with Crippen LogP contribution in [0, 0.1) is 0 Å². The van der Waals surface area contributed by atoms with E-state index in [0.29, 0.717) is 44.6 Å². The van der Waals surface area contributed by atoms with E-state index in [1.807, 2.05) is 6.92 Å². The molecule has 0 aromatic rings. The van der Waals surface area contributed by atoms with Crippen molar-refractivity contribution in [1.82, 2.24) is 42.1 Å². The number of amides is 9. The largest absolute Gasteiger partial charge is 0.394 e. The molecule has 0 bridgehead atoms. The SMILES string of the molecule is CCCNC(=O)C(CSC1CC(=O)N(CCC(=O)NC(CCCCNC(=O)CCNC(=O)NCCS)C(=O)NCCOCCO)C1=O)NC(C)=O. The van der Waals surface area contributed by atoms with E-state index in [2.05, 4.69) is 49.8 Å². The first kappa shape index (κ1) is 45.4. The van der Waals surface area contributed by atoms with Gasteiger partial charge < -0.3 is 47.1 Å². The van der Waals surface area contributed by atoms with Crippen LogP contribution in [0.4, 0.5) is 4.79 Å². The summed E-state index contributed by atoms with van der Waals surface area (Å²) in [5, 5.41) is 26.6. The van der Waals surface area contributed by atoms with E-state index in [4.69, 9.17) is 9.84 Å². The van der Waals surface area contributed by atoms with E-state index in [0.717, 1.165) is 16.7 Å². The number of thioether (sulfide) groups is 1. The van der Waals surface area contributed by atoms with Gasteiger partial charge in [0, 0.05) is 77.0 Å². The van der Waals surface area contributed by atoms with Crippen molar-refractivity contribution in [3.05, 3.63) is 0 Å². The van der Waals surface area contributed by atoms with E-state index < -0.39 is 46.9 Å². The summed E-state index contributed by atoms with van der Waals surface area (Å²) in [6.45, 7) is 4.50. The zero-order chi connectivity index (χ0) is 38.0. The Morgan fingerprint density at radius 1 is 0.863 bits per heavy atom. The summed E-state index contributed by atoms with van der Waals surface area (Å²) in [6.07, 6.45) is 1.62. The minimum absolute atomic E-state index is 0.0750. The molecule has 0 saturated carbocycles. The average molecular weight is 763 g/mol. The lowest BCUT2D eigenvalue weighted by Crippen LogP contribution is -2.48. The number of nitrogens with one attached hydrogen (secondary N) is 7. The molecule has 18 nitrogen and oxygen atoms in total. The molecule has 0 aliphatic carbocycles. The molecule has 20 heteroatoms. The van der Waals surface area contributed by atoms with Crippen LogP contribution in [0.25, 0.3) is 0 Å². The summed E-state index contributed by atoms with van der Waals surface area (Å²) in [4.78, 5) is 100. The third-order valence-electron chi connectivity index (χ3n) is 7.18. The predicted octanol–water partition coefficient (Wildman–Crippen LogP) is -2.22. The lowest BCUT2D eigenvalue weighted by atomic mass is 10.1. The van der Waals surface area contributed by atoms with Crippen molar-refractivity contribution in [3.63, 3.8) is 0 Å². The maximum atomic E-state index is 13.0. The monoisotopic (exact) mass is 762 g/mol. The zero-order valence-electron chi connectivity index (χ0n) is 29.4. The smallest absolute Gasteiger partial charge is 0.314 e. The van der Waals surface area contributed by atoms with Crippen molar-refractivity contribution in [1.29, 1.82) is 0 Å². The Bertz CT molecular complexity index is 1170. The van der Waals surface area contributed by atoms with Crippen molar-refractivity contribution in [2.24, 2.45) is 0 Å². The highest BCUT2D eigenvalue weighted by Crippen LogP contribution is 2.26. The van der Waals surface area contributed by atoms with Gasteiger partial charge in [-0.3, -0.25) is 38.5 Å². The molecule has 9 amide bonds. The second-order valence-electron chi connectivity index (χ2n) is 11.5. The highest BCUT2D eigenvalue weighted by molar-refractivity contribution is 8.00. The fraction of sp³-hybridized carbons (Fsp3) is 0.742. The average Bonchev–Trinajstić information content (AvgIpc) is 3.36. The minimum atomic E-state index is -0.941. The Hall–Kier alpha value is -3.62. The number of aliphatic hydroxyl groups is 1. The summed E-state index contributed by atoms with van der Waals surface area (Å²) in [5.74, 6) is -2.48. The molecular formula is C31H54N8O10S2. The summed E-state index contributed by atoms with van der Waals surface area (Å²) < 4.78 is 5.16. The van der Waals surface area contributed by atoms with Gasteiger partial charge >= 0.3 is 6.03 Å². The number of hydrogen-bond acceptors (Lipinski definition) is 12. The van der Waals surface area contributed by atoms with Crippen LogP contribution in [-0.2, 0) is 38.3 Å². The van der Waals surface area contributed by atoms with Gasteiger partial charge in [-0.1, -0.05) is 6.92 Å². The van der Waals surface area contributed by atoms with E-state index in [1.54, 1.807) is 0 Å². The number of carbonyl (C=O) groups is 8. The predicted molar refractivity (Wildman–Crippen MR) is 193 cm³/mol. The maximum Gasteiger partial charge on any atom is 0.314 e. The first-order valence-corrected chi connectivity index (χ1v) is 18.8. The van der Waals surface area contributed by atoms with Gasteiger partial charge in [-0.2, -0.15) is 12.6 Å². The van der Waals surface area contributed by atoms with Crippen molar-refractivity contribution >= 4 is 71.8 Å². The quantitative estimate of drug-likeness (QED) is 0.0246. The Morgan fingerprint density at radius 3 is 2.25 bits per heavy atom. The van der Waals surface area contributed by atoms with E-state index in [9.17, 15) is 38.4 Å². The van der Waals surface area contributed by atoms with Crippen LogP contribution in [0.2, 0.25) is 0 Å². The summed E-state index contributed by atoms with van der Waals surface area (Å²) in [5.41, 5.74) is 0. The number of imide groups is 1. The number of nitrogens with zero attached hydrogens (tertiary/aromatic N) is 1. The van der Waals surface area contributed by atoms with E-state index >= 15 is 0 Å². The summed E-state index contributed by atoms with van der Waals surface area (Å²) >= 11 is 5.08. The molecular weight excluding hydrogens is 709 g/mol. The molecule has 1 fully saturated rings. The molecule has 1 aliphatic rings. The highest BCUT2D eigenvalue weighted by Gasteiger charge is 2.39. The lowest BCUT2D eigenvalue weighted by Gasteiger charge is -2.20. The Balaban J connectivity index is 2.63.